The predicted molar refractivity (Wildman–Crippen MR) is 89.5 cm³/mol. The van der Waals surface area contributed by atoms with Crippen LogP contribution >= 0.6 is 0 Å². The summed E-state index contributed by atoms with van der Waals surface area (Å²) in [6, 6.07) is 25.2. The molecular formula is C19H21N. The lowest BCUT2D eigenvalue weighted by Crippen LogP contribution is -2.07. The van der Waals surface area contributed by atoms with Crippen LogP contribution < -0.4 is 4.90 Å². The van der Waals surface area contributed by atoms with Crippen LogP contribution in [0.15, 0.2) is 72.8 Å². The lowest BCUT2D eigenvalue weighted by Gasteiger charge is -2.11. The minimum atomic E-state index is 1.26. The van der Waals surface area contributed by atoms with E-state index in [-0.39, 0.29) is 0 Å². The van der Waals surface area contributed by atoms with E-state index >= 15 is 0 Å². The van der Waals surface area contributed by atoms with Gasteiger partial charge in [-0.2, -0.15) is 0 Å². The molecule has 20 heavy (non-hydrogen) atoms. The van der Waals surface area contributed by atoms with Crippen molar-refractivity contribution >= 4 is 16.5 Å². The number of aryl methyl sites for hydroxylation is 1. The van der Waals surface area contributed by atoms with Gasteiger partial charge in [0.2, 0.25) is 0 Å². The van der Waals surface area contributed by atoms with Crippen LogP contribution in [-0.4, -0.2) is 14.1 Å². The van der Waals surface area contributed by atoms with E-state index in [1.807, 2.05) is 14.1 Å². The Labute approximate surface area is 121 Å². The SMILES string of the molecule is Cc1ccc(N(C)C)cc1.c1ccc2ccccc2c1. The third-order valence-electron chi connectivity index (χ3n) is 3.21. The van der Waals surface area contributed by atoms with E-state index in [0.29, 0.717) is 0 Å². The molecule has 0 unspecified atom stereocenters. The summed E-state index contributed by atoms with van der Waals surface area (Å²) < 4.78 is 0. The predicted octanol–water partition coefficient (Wildman–Crippen LogP) is 4.90. The maximum Gasteiger partial charge on any atom is 0.0361 e. The van der Waals surface area contributed by atoms with Crippen molar-refractivity contribution in [2.45, 2.75) is 6.92 Å². The fourth-order valence-corrected chi connectivity index (χ4v) is 1.98. The van der Waals surface area contributed by atoms with Crippen molar-refractivity contribution in [1.82, 2.24) is 0 Å². The van der Waals surface area contributed by atoms with Crippen molar-refractivity contribution in [1.29, 1.82) is 0 Å². The van der Waals surface area contributed by atoms with E-state index < -0.39 is 0 Å². The van der Waals surface area contributed by atoms with Crippen LogP contribution in [0, 0.1) is 6.92 Å². The Morgan fingerprint density at radius 1 is 0.600 bits per heavy atom. The largest absolute Gasteiger partial charge is 0.378 e. The first-order valence-electron chi connectivity index (χ1n) is 6.84. The van der Waals surface area contributed by atoms with Crippen molar-refractivity contribution in [2.75, 3.05) is 19.0 Å². The zero-order valence-electron chi connectivity index (χ0n) is 12.4. The summed E-state index contributed by atoms with van der Waals surface area (Å²) in [4.78, 5) is 2.10. The van der Waals surface area contributed by atoms with Crippen molar-refractivity contribution < 1.29 is 0 Å². The number of benzene rings is 3. The van der Waals surface area contributed by atoms with Gasteiger partial charge in [0.25, 0.3) is 0 Å². The Bertz CT molecular complexity index is 588. The standard InChI is InChI=1S/C10H8.C9H13N/c1-2-6-10-8-4-3-7-9(10)5-1;1-8-4-6-9(7-5-8)10(2)3/h1-8H;4-7H,1-3H3. The molecule has 0 aliphatic carbocycles. The van der Waals surface area contributed by atoms with Gasteiger partial charge in [0.05, 0.1) is 0 Å². The van der Waals surface area contributed by atoms with E-state index in [9.17, 15) is 0 Å². The smallest absolute Gasteiger partial charge is 0.0361 e. The van der Waals surface area contributed by atoms with E-state index in [0.717, 1.165) is 0 Å². The second-order valence-electron chi connectivity index (χ2n) is 5.08. The van der Waals surface area contributed by atoms with Gasteiger partial charge in [0.15, 0.2) is 0 Å². The molecule has 0 amide bonds. The summed E-state index contributed by atoms with van der Waals surface area (Å²) in [6.45, 7) is 2.10. The first kappa shape index (κ1) is 14.1. The summed E-state index contributed by atoms with van der Waals surface area (Å²) in [5.41, 5.74) is 2.57. The fraction of sp³-hybridized carbons (Fsp3) is 0.158. The molecule has 3 rings (SSSR count). The molecule has 1 heteroatoms. The number of hydrogen-bond acceptors (Lipinski definition) is 1. The summed E-state index contributed by atoms with van der Waals surface area (Å²) in [7, 11) is 4.09. The molecule has 0 N–H and O–H groups in total. The lowest BCUT2D eigenvalue weighted by atomic mass is 10.1. The van der Waals surface area contributed by atoms with E-state index in [1.165, 1.54) is 22.0 Å². The van der Waals surface area contributed by atoms with Crippen LogP contribution in [0.1, 0.15) is 5.56 Å². The highest BCUT2D eigenvalue weighted by Crippen LogP contribution is 2.11. The highest BCUT2D eigenvalue weighted by Gasteiger charge is 1.90. The minimum Gasteiger partial charge on any atom is -0.378 e. The Kier molecular flexibility index (Phi) is 4.78. The van der Waals surface area contributed by atoms with Crippen molar-refractivity contribution in [3.05, 3.63) is 78.4 Å². The van der Waals surface area contributed by atoms with Gasteiger partial charge in [0.1, 0.15) is 0 Å². The van der Waals surface area contributed by atoms with Crippen molar-refractivity contribution in [3.8, 4) is 0 Å². The van der Waals surface area contributed by atoms with Gasteiger partial charge in [-0.15, -0.1) is 0 Å². The summed E-state index contributed by atoms with van der Waals surface area (Å²) in [5.74, 6) is 0. The Balaban J connectivity index is 0.000000147. The summed E-state index contributed by atoms with van der Waals surface area (Å²) in [5, 5.41) is 2.62. The van der Waals surface area contributed by atoms with Gasteiger partial charge in [0, 0.05) is 19.8 Å². The van der Waals surface area contributed by atoms with Gasteiger partial charge < -0.3 is 4.90 Å². The number of fused-ring (bicyclic) bond motifs is 1. The maximum absolute atomic E-state index is 2.12. The van der Waals surface area contributed by atoms with Crippen molar-refractivity contribution in [2.24, 2.45) is 0 Å². The molecule has 0 aliphatic rings. The topological polar surface area (TPSA) is 3.24 Å². The van der Waals surface area contributed by atoms with Gasteiger partial charge in [-0.3, -0.25) is 0 Å². The average molecular weight is 263 g/mol. The van der Waals surface area contributed by atoms with Crippen LogP contribution in [0.4, 0.5) is 5.69 Å². The molecule has 0 saturated heterocycles. The molecule has 0 saturated carbocycles. The molecule has 3 aromatic rings. The molecule has 3 aromatic carbocycles. The molecule has 0 spiro atoms. The highest BCUT2D eigenvalue weighted by atomic mass is 15.1. The zero-order chi connectivity index (χ0) is 14.4. The van der Waals surface area contributed by atoms with Crippen molar-refractivity contribution in [3.63, 3.8) is 0 Å². The van der Waals surface area contributed by atoms with Gasteiger partial charge >= 0.3 is 0 Å². The number of hydrogen-bond donors (Lipinski definition) is 0. The first-order chi connectivity index (χ1) is 9.66. The van der Waals surface area contributed by atoms with E-state index in [2.05, 4.69) is 84.6 Å². The molecule has 0 bridgehead atoms. The summed E-state index contributed by atoms with van der Waals surface area (Å²) in [6.07, 6.45) is 0. The van der Waals surface area contributed by atoms with Crippen LogP contribution in [0.3, 0.4) is 0 Å². The molecule has 0 heterocycles. The second kappa shape index (κ2) is 6.76. The average Bonchev–Trinajstić information content (AvgIpc) is 2.48. The number of rotatable bonds is 1. The number of anilines is 1. The Morgan fingerprint density at radius 3 is 1.35 bits per heavy atom. The molecule has 102 valence electrons. The Hall–Kier alpha value is -2.28. The molecule has 0 radical (unpaired) electrons. The third-order valence-corrected chi connectivity index (χ3v) is 3.21. The van der Waals surface area contributed by atoms with Crippen LogP contribution in [-0.2, 0) is 0 Å². The molecule has 0 atom stereocenters. The van der Waals surface area contributed by atoms with Crippen LogP contribution in [0.25, 0.3) is 10.8 Å². The molecular weight excluding hydrogens is 242 g/mol. The van der Waals surface area contributed by atoms with Crippen LogP contribution in [0.2, 0.25) is 0 Å². The summed E-state index contributed by atoms with van der Waals surface area (Å²) >= 11 is 0. The molecule has 0 aliphatic heterocycles. The minimum absolute atomic E-state index is 1.26. The lowest BCUT2D eigenvalue weighted by molar-refractivity contribution is 1.13. The van der Waals surface area contributed by atoms with E-state index in [4.69, 9.17) is 0 Å². The van der Waals surface area contributed by atoms with E-state index in [1.54, 1.807) is 0 Å². The molecule has 0 fully saturated rings. The Morgan fingerprint density at radius 2 is 1.00 bits per heavy atom. The normalized spacial score (nSPS) is 9.75. The van der Waals surface area contributed by atoms with Gasteiger partial charge in [-0.25, -0.2) is 0 Å². The monoisotopic (exact) mass is 263 g/mol. The van der Waals surface area contributed by atoms with Crippen LogP contribution in [0.5, 0.6) is 0 Å². The quantitative estimate of drug-likeness (QED) is 0.603. The zero-order valence-corrected chi connectivity index (χ0v) is 12.4. The fourth-order valence-electron chi connectivity index (χ4n) is 1.98. The van der Waals surface area contributed by atoms with Gasteiger partial charge in [-0.05, 0) is 29.8 Å². The number of nitrogens with zero attached hydrogens (tertiary/aromatic N) is 1. The molecule has 0 aromatic heterocycles. The molecule has 1 nitrogen and oxygen atoms in total. The maximum atomic E-state index is 2.12. The van der Waals surface area contributed by atoms with Gasteiger partial charge in [-0.1, -0.05) is 66.2 Å². The highest BCUT2D eigenvalue weighted by molar-refractivity contribution is 5.81. The second-order valence-corrected chi connectivity index (χ2v) is 5.08. The first-order valence-corrected chi connectivity index (χ1v) is 6.84. The third kappa shape index (κ3) is 3.86.